The lowest BCUT2D eigenvalue weighted by atomic mass is 9.98. The molecule has 0 fully saturated rings. The number of carboxylic acids is 1. The molecule has 0 bridgehead atoms. The zero-order valence-corrected chi connectivity index (χ0v) is 18.5. The number of halogens is 1. The minimum absolute atomic E-state index is 0.00358. The van der Waals surface area contributed by atoms with Gasteiger partial charge in [0.25, 0.3) is 5.91 Å². The number of aromatic carboxylic acids is 1. The fraction of sp³-hybridized carbons (Fsp3) is 0.0833. The highest BCUT2D eigenvalue weighted by Gasteiger charge is 2.34. The van der Waals surface area contributed by atoms with Crippen molar-refractivity contribution in [3.8, 4) is 5.75 Å². The summed E-state index contributed by atoms with van der Waals surface area (Å²) < 4.78 is 0. The van der Waals surface area contributed by atoms with E-state index in [-0.39, 0.29) is 28.1 Å². The molecular formula is C24H17ClN4O5. The molecule has 34 heavy (non-hydrogen) atoms. The van der Waals surface area contributed by atoms with Crippen LogP contribution >= 0.6 is 11.6 Å². The van der Waals surface area contributed by atoms with Crippen molar-refractivity contribution in [2.75, 3.05) is 5.01 Å². The van der Waals surface area contributed by atoms with Gasteiger partial charge in [0.2, 0.25) is 0 Å². The molecule has 0 saturated carbocycles. The van der Waals surface area contributed by atoms with Crippen molar-refractivity contribution in [3.63, 3.8) is 0 Å². The van der Waals surface area contributed by atoms with Gasteiger partial charge in [0.1, 0.15) is 11.4 Å². The lowest BCUT2D eigenvalue weighted by Crippen LogP contribution is -2.29. The zero-order valence-electron chi connectivity index (χ0n) is 17.7. The molecular weight excluding hydrogens is 460 g/mol. The Kier molecular flexibility index (Phi) is 6.20. The average molecular weight is 477 g/mol. The number of hydrazone groups is 1. The number of carboxylic acid groups (broad SMARTS) is 1. The molecule has 1 amide bonds. The average Bonchev–Trinajstić information content (AvgIpc) is 3.11. The second kappa shape index (κ2) is 9.24. The number of amides is 1. The minimum Gasteiger partial charge on any atom is -0.506 e. The standard InChI is InChI=1S/C24H17ClN4O5/c1-13-21(23(32)29(28-13)16-9-7-15(25)8-10-16)27-26-19-12-14(6-11-20(19)30)22(31)17-4-2-3-5-18(17)24(33)34/h2-12,21,30H,1H3,(H,33,34). The maximum absolute atomic E-state index is 12.9. The summed E-state index contributed by atoms with van der Waals surface area (Å²) in [5, 5.41) is 33.5. The molecule has 0 radical (unpaired) electrons. The Morgan fingerprint density at radius 2 is 1.71 bits per heavy atom. The quantitative estimate of drug-likeness (QED) is 0.387. The summed E-state index contributed by atoms with van der Waals surface area (Å²) in [5.74, 6) is -2.49. The van der Waals surface area contributed by atoms with E-state index >= 15 is 0 Å². The second-order valence-electron chi connectivity index (χ2n) is 7.37. The lowest BCUT2D eigenvalue weighted by molar-refractivity contribution is -0.117. The largest absolute Gasteiger partial charge is 0.506 e. The molecule has 10 heteroatoms. The first-order chi connectivity index (χ1) is 16.3. The number of phenols is 1. The van der Waals surface area contributed by atoms with E-state index in [1.165, 1.54) is 41.4 Å². The van der Waals surface area contributed by atoms with Gasteiger partial charge in [-0.05, 0) is 55.5 Å². The molecule has 3 aromatic rings. The Morgan fingerprint density at radius 1 is 1.03 bits per heavy atom. The van der Waals surface area contributed by atoms with E-state index in [2.05, 4.69) is 15.3 Å². The molecule has 0 aliphatic carbocycles. The van der Waals surface area contributed by atoms with Crippen molar-refractivity contribution in [2.45, 2.75) is 13.0 Å². The fourth-order valence-electron chi connectivity index (χ4n) is 3.34. The van der Waals surface area contributed by atoms with Crippen LogP contribution in [0.15, 0.2) is 82.1 Å². The van der Waals surface area contributed by atoms with Crippen LogP contribution in [0.5, 0.6) is 5.75 Å². The van der Waals surface area contributed by atoms with E-state index in [0.29, 0.717) is 16.4 Å². The van der Waals surface area contributed by atoms with E-state index in [1.807, 2.05) is 0 Å². The number of benzene rings is 3. The number of carbonyl (C=O) groups is 3. The molecule has 4 rings (SSSR count). The van der Waals surface area contributed by atoms with Gasteiger partial charge in [0.05, 0.1) is 17.0 Å². The van der Waals surface area contributed by atoms with Gasteiger partial charge in [0, 0.05) is 16.1 Å². The molecule has 1 atom stereocenters. The van der Waals surface area contributed by atoms with Gasteiger partial charge in [0.15, 0.2) is 11.8 Å². The number of phenolic OH excluding ortho intramolecular Hbond substituents is 1. The lowest BCUT2D eigenvalue weighted by Gasteiger charge is -2.12. The Morgan fingerprint density at radius 3 is 2.38 bits per heavy atom. The van der Waals surface area contributed by atoms with Gasteiger partial charge in [-0.25, -0.2) is 4.79 Å². The van der Waals surface area contributed by atoms with Crippen molar-refractivity contribution in [1.82, 2.24) is 0 Å². The van der Waals surface area contributed by atoms with Gasteiger partial charge in [-0.2, -0.15) is 20.3 Å². The molecule has 1 aliphatic heterocycles. The molecule has 9 nitrogen and oxygen atoms in total. The Labute approximate surface area is 198 Å². The molecule has 2 N–H and O–H groups in total. The number of azo groups is 1. The first-order valence-corrected chi connectivity index (χ1v) is 10.4. The summed E-state index contributed by atoms with van der Waals surface area (Å²) in [7, 11) is 0. The molecule has 1 aliphatic rings. The number of hydrogen-bond donors (Lipinski definition) is 2. The Hall–Kier alpha value is -4.37. The van der Waals surface area contributed by atoms with Crippen LogP contribution in [0.25, 0.3) is 0 Å². The van der Waals surface area contributed by atoms with Crippen LogP contribution in [0.2, 0.25) is 5.02 Å². The molecule has 3 aromatic carbocycles. The van der Waals surface area contributed by atoms with Gasteiger partial charge in [-0.1, -0.05) is 29.8 Å². The molecule has 0 aromatic heterocycles. The van der Waals surface area contributed by atoms with Crippen molar-refractivity contribution in [3.05, 3.63) is 88.4 Å². The number of rotatable bonds is 6. The van der Waals surface area contributed by atoms with E-state index in [1.54, 1.807) is 37.3 Å². The summed E-state index contributed by atoms with van der Waals surface area (Å²) in [4.78, 5) is 37.2. The van der Waals surface area contributed by atoms with Crippen molar-refractivity contribution < 1.29 is 24.6 Å². The van der Waals surface area contributed by atoms with E-state index in [0.717, 1.165) is 0 Å². The Bertz CT molecular complexity index is 1370. The maximum Gasteiger partial charge on any atom is 0.336 e. The number of carbonyl (C=O) groups excluding carboxylic acids is 2. The van der Waals surface area contributed by atoms with E-state index < -0.39 is 23.7 Å². The highest BCUT2D eigenvalue weighted by Crippen LogP contribution is 2.30. The highest BCUT2D eigenvalue weighted by atomic mass is 35.5. The van der Waals surface area contributed by atoms with Crippen molar-refractivity contribution >= 4 is 46.3 Å². The zero-order chi connectivity index (χ0) is 24.4. The minimum atomic E-state index is -1.23. The molecule has 170 valence electrons. The molecule has 1 heterocycles. The third kappa shape index (κ3) is 4.41. The fourth-order valence-corrected chi connectivity index (χ4v) is 3.47. The number of hydrogen-bond acceptors (Lipinski definition) is 7. The third-order valence-corrected chi connectivity index (χ3v) is 5.34. The first-order valence-electron chi connectivity index (χ1n) is 10.0. The van der Waals surface area contributed by atoms with Gasteiger partial charge < -0.3 is 10.2 Å². The molecule has 0 spiro atoms. The van der Waals surface area contributed by atoms with Crippen LogP contribution < -0.4 is 5.01 Å². The topological polar surface area (TPSA) is 132 Å². The van der Waals surface area contributed by atoms with Gasteiger partial charge in [-0.15, -0.1) is 0 Å². The van der Waals surface area contributed by atoms with Gasteiger partial charge in [-0.3, -0.25) is 9.59 Å². The van der Waals surface area contributed by atoms with Gasteiger partial charge >= 0.3 is 5.97 Å². The van der Waals surface area contributed by atoms with Crippen LogP contribution in [-0.2, 0) is 4.79 Å². The monoisotopic (exact) mass is 476 g/mol. The predicted octanol–water partition coefficient (Wildman–Crippen LogP) is 4.85. The normalized spacial score (nSPS) is 15.6. The number of aromatic hydroxyl groups is 1. The van der Waals surface area contributed by atoms with Crippen LogP contribution in [-0.4, -0.2) is 39.6 Å². The molecule has 1 unspecified atom stereocenters. The SMILES string of the molecule is CC1=NN(c2ccc(Cl)cc2)C(=O)C1N=Nc1cc(C(=O)c2ccccc2C(=O)O)ccc1O. The second-order valence-corrected chi connectivity index (χ2v) is 7.81. The summed E-state index contributed by atoms with van der Waals surface area (Å²) in [5.41, 5.74) is 0.811. The maximum atomic E-state index is 12.9. The Balaban J connectivity index is 1.60. The van der Waals surface area contributed by atoms with Crippen LogP contribution in [0.1, 0.15) is 33.2 Å². The smallest absolute Gasteiger partial charge is 0.336 e. The summed E-state index contributed by atoms with van der Waals surface area (Å²) >= 11 is 5.89. The first kappa shape index (κ1) is 22.8. The van der Waals surface area contributed by atoms with E-state index in [4.69, 9.17) is 11.6 Å². The molecule has 0 saturated heterocycles. The highest BCUT2D eigenvalue weighted by molar-refractivity contribution is 6.30. The number of ketones is 1. The van der Waals surface area contributed by atoms with Crippen LogP contribution in [0, 0.1) is 0 Å². The summed E-state index contributed by atoms with van der Waals surface area (Å²) in [6.07, 6.45) is 0. The third-order valence-electron chi connectivity index (χ3n) is 5.09. The summed E-state index contributed by atoms with van der Waals surface area (Å²) in [6, 6.07) is 15.2. The van der Waals surface area contributed by atoms with Crippen LogP contribution in [0.4, 0.5) is 11.4 Å². The predicted molar refractivity (Wildman–Crippen MR) is 125 cm³/mol. The van der Waals surface area contributed by atoms with Crippen LogP contribution in [0.3, 0.4) is 0 Å². The summed E-state index contributed by atoms with van der Waals surface area (Å²) in [6.45, 7) is 1.63. The number of anilines is 1. The van der Waals surface area contributed by atoms with E-state index in [9.17, 15) is 24.6 Å². The van der Waals surface area contributed by atoms with Crippen molar-refractivity contribution in [2.24, 2.45) is 15.3 Å². The van der Waals surface area contributed by atoms with Crippen molar-refractivity contribution in [1.29, 1.82) is 0 Å². The number of nitrogens with zero attached hydrogens (tertiary/aromatic N) is 4.